The molecule has 96 valence electrons. The predicted octanol–water partition coefficient (Wildman–Crippen LogP) is 3.33. The molecular weight excluding hydrogens is 222 g/mol. The minimum absolute atomic E-state index is 0.178. The van der Waals surface area contributed by atoms with Gasteiger partial charge in [-0.05, 0) is 67.9 Å². The SMILES string of the molecule is OC(c1cccnc1)C12CC3CC(CC(C3)C1)C2. The van der Waals surface area contributed by atoms with Crippen molar-refractivity contribution in [1.82, 2.24) is 4.98 Å². The van der Waals surface area contributed by atoms with Gasteiger partial charge in [0.05, 0.1) is 6.10 Å². The van der Waals surface area contributed by atoms with E-state index in [1.54, 1.807) is 6.20 Å². The van der Waals surface area contributed by atoms with E-state index in [1.165, 1.54) is 38.5 Å². The Balaban J connectivity index is 1.67. The van der Waals surface area contributed by atoms with Crippen LogP contribution in [0, 0.1) is 23.2 Å². The zero-order valence-corrected chi connectivity index (χ0v) is 10.8. The van der Waals surface area contributed by atoms with Crippen LogP contribution in [-0.4, -0.2) is 10.1 Å². The van der Waals surface area contributed by atoms with Crippen molar-refractivity contribution in [2.75, 3.05) is 0 Å². The lowest BCUT2D eigenvalue weighted by molar-refractivity contribution is -0.122. The van der Waals surface area contributed by atoms with Crippen molar-refractivity contribution < 1.29 is 5.11 Å². The third kappa shape index (κ3) is 1.55. The molecule has 0 aromatic carbocycles. The first-order valence-corrected chi connectivity index (χ1v) is 7.33. The van der Waals surface area contributed by atoms with Crippen LogP contribution in [0.3, 0.4) is 0 Å². The van der Waals surface area contributed by atoms with E-state index < -0.39 is 0 Å². The van der Waals surface area contributed by atoms with Crippen molar-refractivity contribution in [3.8, 4) is 0 Å². The predicted molar refractivity (Wildman–Crippen MR) is 69.8 cm³/mol. The van der Waals surface area contributed by atoms with Gasteiger partial charge in [-0.1, -0.05) is 6.07 Å². The Hall–Kier alpha value is -0.890. The summed E-state index contributed by atoms with van der Waals surface area (Å²) >= 11 is 0. The number of aromatic nitrogens is 1. The molecule has 0 radical (unpaired) electrons. The highest BCUT2D eigenvalue weighted by atomic mass is 16.3. The molecule has 1 atom stereocenters. The van der Waals surface area contributed by atoms with Gasteiger partial charge in [-0.2, -0.15) is 0 Å². The maximum absolute atomic E-state index is 10.8. The molecule has 18 heavy (non-hydrogen) atoms. The number of aliphatic hydroxyl groups is 1. The molecule has 0 aliphatic heterocycles. The van der Waals surface area contributed by atoms with Crippen molar-refractivity contribution in [3.63, 3.8) is 0 Å². The summed E-state index contributed by atoms with van der Waals surface area (Å²) in [5.41, 5.74) is 1.21. The van der Waals surface area contributed by atoms with E-state index in [1.807, 2.05) is 18.3 Å². The van der Waals surface area contributed by atoms with E-state index in [-0.39, 0.29) is 11.5 Å². The topological polar surface area (TPSA) is 33.1 Å². The molecule has 0 spiro atoms. The van der Waals surface area contributed by atoms with Crippen molar-refractivity contribution in [2.24, 2.45) is 23.2 Å². The van der Waals surface area contributed by atoms with Crippen LogP contribution in [-0.2, 0) is 0 Å². The monoisotopic (exact) mass is 243 g/mol. The van der Waals surface area contributed by atoms with Gasteiger partial charge in [0, 0.05) is 17.8 Å². The fraction of sp³-hybridized carbons (Fsp3) is 0.688. The first-order chi connectivity index (χ1) is 8.75. The molecule has 1 aromatic rings. The lowest BCUT2D eigenvalue weighted by Gasteiger charge is -2.58. The maximum atomic E-state index is 10.8. The average molecular weight is 243 g/mol. The Morgan fingerprint density at radius 2 is 1.72 bits per heavy atom. The Labute approximate surface area is 108 Å². The smallest absolute Gasteiger partial charge is 0.0861 e. The van der Waals surface area contributed by atoms with Crippen molar-refractivity contribution in [2.45, 2.75) is 44.6 Å². The van der Waals surface area contributed by atoms with Crippen molar-refractivity contribution >= 4 is 0 Å². The van der Waals surface area contributed by atoms with Gasteiger partial charge < -0.3 is 5.11 Å². The molecule has 1 unspecified atom stereocenters. The van der Waals surface area contributed by atoms with Crippen LogP contribution in [0.25, 0.3) is 0 Å². The van der Waals surface area contributed by atoms with Crippen LogP contribution < -0.4 is 0 Å². The highest BCUT2D eigenvalue weighted by Gasteiger charge is 2.54. The van der Waals surface area contributed by atoms with E-state index in [4.69, 9.17) is 0 Å². The average Bonchev–Trinajstić information content (AvgIpc) is 2.37. The van der Waals surface area contributed by atoms with Crippen molar-refractivity contribution in [3.05, 3.63) is 30.1 Å². The van der Waals surface area contributed by atoms with E-state index >= 15 is 0 Å². The molecule has 1 aromatic heterocycles. The van der Waals surface area contributed by atoms with Crippen LogP contribution in [0.2, 0.25) is 0 Å². The molecule has 5 rings (SSSR count). The molecule has 2 nitrogen and oxygen atoms in total. The summed E-state index contributed by atoms with van der Waals surface area (Å²) in [5.74, 6) is 2.67. The Morgan fingerprint density at radius 1 is 1.11 bits per heavy atom. The van der Waals surface area contributed by atoms with E-state index in [9.17, 15) is 5.11 Å². The molecule has 0 saturated heterocycles. The molecule has 4 fully saturated rings. The van der Waals surface area contributed by atoms with E-state index in [0.29, 0.717) is 0 Å². The minimum Gasteiger partial charge on any atom is -0.388 e. The third-order valence-corrected chi connectivity index (χ3v) is 5.67. The normalized spacial score (nSPS) is 43.1. The van der Waals surface area contributed by atoms with Crippen LogP contribution >= 0.6 is 0 Å². The minimum atomic E-state index is -0.292. The largest absolute Gasteiger partial charge is 0.388 e. The molecule has 1 heterocycles. The van der Waals surface area contributed by atoms with Gasteiger partial charge in [-0.15, -0.1) is 0 Å². The van der Waals surface area contributed by atoms with Crippen LogP contribution in [0.1, 0.15) is 50.2 Å². The first-order valence-electron chi connectivity index (χ1n) is 7.33. The molecule has 4 aliphatic rings. The second-order valence-corrected chi connectivity index (χ2v) is 6.97. The van der Waals surface area contributed by atoms with Gasteiger partial charge in [0.25, 0.3) is 0 Å². The lowest BCUT2D eigenvalue weighted by Crippen LogP contribution is -2.48. The molecule has 4 saturated carbocycles. The summed E-state index contributed by atoms with van der Waals surface area (Å²) in [6, 6.07) is 3.98. The second-order valence-electron chi connectivity index (χ2n) is 6.97. The molecule has 0 amide bonds. The highest BCUT2D eigenvalue weighted by Crippen LogP contribution is 2.63. The number of hydrogen-bond acceptors (Lipinski definition) is 2. The quantitative estimate of drug-likeness (QED) is 0.864. The fourth-order valence-corrected chi connectivity index (χ4v) is 5.40. The van der Waals surface area contributed by atoms with Gasteiger partial charge in [0.15, 0.2) is 0 Å². The van der Waals surface area contributed by atoms with Gasteiger partial charge in [-0.3, -0.25) is 4.98 Å². The van der Waals surface area contributed by atoms with Crippen LogP contribution in [0.4, 0.5) is 0 Å². The summed E-state index contributed by atoms with van der Waals surface area (Å²) < 4.78 is 0. The third-order valence-electron chi connectivity index (χ3n) is 5.67. The van der Waals surface area contributed by atoms with Gasteiger partial charge in [0.1, 0.15) is 0 Å². The Morgan fingerprint density at radius 3 is 2.22 bits per heavy atom. The zero-order chi connectivity index (χ0) is 12.2. The summed E-state index contributed by atoms with van der Waals surface area (Å²) in [5, 5.41) is 10.8. The molecule has 1 N–H and O–H groups in total. The standard InChI is InChI=1S/C16H21NO/c18-15(14-2-1-3-17-10-14)16-7-11-4-12(8-16)6-13(5-11)9-16/h1-3,10-13,15,18H,4-9H2. The molecular formula is C16H21NO. The first kappa shape index (κ1) is 11.0. The summed E-state index contributed by atoms with van der Waals surface area (Å²) in [6.07, 6.45) is 11.4. The van der Waals surface area contributed by atoms with E-state index in [2.05, 4.69) is 4.98 Å². The highest BCUT2D eigenvalue weighted by molar-refractivity contribution is 5.18. The van der Waals surface area contributed by atoms with Gasteiger partial charge in [-0.25, -0.2) is 0 Å². The van der Waals surface area contributed by atoms with Gasteiger partial charge in [0.2, 0.25) is 0 Å². The van der Waals surface area contributed by atoms with E-state index in [0.717, 1.165) is 23.3 Å². The van der Waals surface area contributed by atoms with Gasteiger partial charge >= 0.3 is 0 Å². The summed E-state index contributed by atoms with van der Waals surface area (Å²) in [4.78, 5) is 4.17. The summed E-state index contributed by atoms with van der Waals surface area (Å²) in [7, 11) is 0. The number of nitrogens with zero attached hydrogens (tertiary/aromatic N) is 1. The molecule has 2 heteroatoms. The van der Waals surface area contributed by atoms with Crippen molar-refractivity contribution in [1.29, 1.82) is 0 Å². The lowest BCUT2D eigenvalue weighted by atomic mass is 9.48. The zero-order valence-electron chi connectivity index (χ0n) is 10.8. The number of pyridine rings is 1. The Kier molecular flexibility index (Phi) is 2.32. The fourth-order valence-electron chi connectivity index (χ4n) is 5.40. The number of rotatable bonds is 2. The number of aliphatic hydroxyl groups excluding tert-OH is 1. The number of hydrogen-bond donors (Lipinski definition) is 1. The Bertz CT molecular complexity index is 406. The van der Waals surface area contributed by atoms with Crippen LogP contribution in [0.5, 0.6) is 0 Å². The second kappa shape index (κ2) is 3.80. The molecule has 4 aliphatic carbocycles. The summed E-state index contributed by atoms with van der Waals surface area (Å²) in [6.45, 7) is 0. The maximum Gasteiger partial charge on any atom is 0.0861 e. The molecule has 4 bridgehead atoms. The van der Waals surface area contributed by atoms with Crippen LogP contribution in [0.15, 0.2) is 24.5 Å².